The fourth-order valence-corrected chi connectivity index (χ4v) is 6.17. The Morgan fingerprint density at radius 1 is 1.11 bits per heavy atom. The molecule has 1 amide bonds. The number of carbonyl (C=O) groups is 1. The molecule has 2 atom stereocenters. The molecule has 1 aromatic heterocycles. The van der Waals surface area contributed by atoms with E-state index in [1.54, 1.807) is 42.6 Å². The summed E-state index contributed by atoms with van der Waals surface area (Å²) in [6.45, 7) is 6.15. The number of rotatable bonds is 6. The molecule has 2 aliphatic rings. The molecule has 0 radical (unpaired) electrons. The van der Waals surface area contributed by atoms with Crippen molar-refractivity contribution >= 4 is 32.5 Å². The highest BCUT2D eigenvalue weighted by Crippen LogP contribution is 2.24. The van der Waals surface area contributed by atoms with Crippen molar-refractivity contribution in [3.05, 3.63) is 66.4 Å². The number of ether oxygens (including phenoxy) is 1. The molecule has 0 saturated carbocycles. The van der Waals surface area contributed by atoms with E-state index in [0.29, 0.717) is 29.4 Å². The van der Waals surface area contributed by atoms with Crippen LogP contribution in [-0.4, -0.2) is 74.0 Å². The largest absolute Gasteiger partial charge is 0.377 e. The van der Waals surface area contributed by atoms with Crippen LogP contribution in [0.1, 0.15) is 30.1 Å². The number of amides is 1. The van der Waals surface area contributed by atoms with Gasteiger partial charge in [-0.15, -0.1) is 0 Å². The van der Waals surface area contributed by atoms with Crippen LogP contribution in [0.25, 0.3) is 10.9 Å². The van der Waals surface area contributed by atoms with Crippen LogP contribution in [0, 0.1) is 0 Å². The number of sulfonamides is 1. The minimum absolute atomic E-state index is 0.0399. The Bertz CT molecular complexity index is 1300. The van der Waals surface area contributed by atoms with Crippen molar-refractivity contribution in [3.63, 3.8) is 0 Å². The molecule has 3 heterocycles. The number of hydrogen-bond acceptors (Lipinski definition) is 6. The lowest BCUT2D eigenvalue weighted by atomic mass is 10.1. The summed E-state index contributed by atoms with van der Waals surface area (Å²) in [5.41, 5.74) is 1.35. The molecule has 2 saturated heterocycles. The van der Waals surface area contributed by atoms with Gasteiger partial charge in [-0.25, -0.2) is 8.42 Å². The molecule has 0 bridgehead atoms. The van der Waals surface area contributed by atoms with Crippen LogP contribution in [0.4, 0.5) is 5.69 Å². The zero-order chi connectivity index (χ0) is 24.4. The van der Waals surface area contributed by atoms with Crippen LogP contribution in [0.15, 0.2) is 65.7 Å². The smallest absolute Gasteiger partial charge is 0.264 e. The lowest BCUT2D eigenvalue weighted by molar-refractivity contribution is 0.0279. The number of pyridine rings is 1. The first-order valence-electron chi connectivity index (χ1n) is 12.0. The highest BCUT2D eigenvalue weighted by molar-refractivity contribution is 7.93. The normalized spacial score (nSPS) is 21.3. The molecule has 0 aliphatic carbocycles. The Kier molecular flexibility index (Phi) is 6.73. The van der Waals surface area contributed by atoms with Gasteiger partial charge >= 0.3 is 0 Å². The number of fused-ring (bicyclic) bond motifs is 1. The summed E-state index contributed by atoms with van der Waals surface area (Å²) in [7, 11) is -3.84. The molecule has 8 nitrogen and oxygen atoms in total. The van der Waals surface area contributed by atoms with Crippen LogP contribution >= 0.6 is 0 Å². The van der Waals surface area contributed by atoms with Gasteiger partial charge in [-0.05, 0) is 56.2 Å². The third kappa shape index (κ3) is 5.17. The summed E-state index contributed by atoms with van der Waals surface area (Å²) in [6.07, 6.45) is 4.13. The van der Waals surface area contributed by atoms with Gasteiger partial charge in [-0.3, -0.25) is 19.4 Å². The summed E-state index contributed by atoms with van der Waals surface area (Å²) in [6, 6.07) is 15.3. The number of anilines is 1. The van der Waals surface area contributed by atoms with E-state index in [1.807, 2.05) is 17.0 Å². The quantitative estimate of drug-likeness (QED) is 0.565. The van der Waals surface area contributed by atoms with E-state index in [0.717, 1.165) is 44.5 Å². The Hall–Kier alpha value is -3.01. The highest BCUT2D eigenvalue weighted by atomic mass is 32.2. The molecular weight excluding hydrogens is 464 g/mol. The average molecular weight is 495 g/mol. The van der Waals surface area contributed by atoms with Crippen LogP contribution in [0.2, 0.25) is 0 Å². The van der Waals surface area contributed by atoms with Gasteiger partial charge in [0, 0.05) is 61.7 Å². The molecule has 5 rings (SSSR count). The maximum atomic E-state index is 13.2. The third-order valence-electron chi connectivity index (χ3n) is 6.73. The molecule has 35 heavy (non-hydrogen) atoms. The van der Waals surface area contributed by atoms with Crippen LogP contribution in [0.5, 0.6) is 0 Å². The average Bonchev–Trinajstić information content (AvgIpc) is 3.37. The predicted octanol–water partition coefficient (Wildman–Crippen LogP) is 3.36. The molecule has 2 aromatic carbocycles. The number of carbonyl (C=O) groups excluding carboxylic acids is 1. The zero-order valence-corrected chi connectivity index (χ0v) is 20.6. The Morgan fingerprint density at radius 2 is 1.91 bits per heavy atom. The van der Waals surface area contributed by atoms with Crippen molar-refractivity contribution in [3.8, 4) is 0 Å². The summed E-state index contributed by atoms with van der Waals surface area (Å²) >= 11 is 0. The van der Waals surface area contributed by atoms with Crippen molar-refractivity contribution in [2.24, 2.45) is 0 Å². The summed E-state index contributed by atoms with van der Waals surface area (Å²) in [4.78, 5) is 21.8. The van der Waals surface area contributed by atoms with E-state index in [1.165, 1.54) is 6.07 Å². The minimum Gasteiger partial charge on any atom is -0.377 e. The van der Waals surface area contributed by atoms with Gasteiger partial charge in [0.1, 0.15) is 4.90 Å². The van der Waals surface area contributed by atoms with Crippen LogP contribution in [-0.2, 0) is 14.8 Å². The first kappa shape index (κ1) is 23.7. The van der Waals surface area contributed by atoms with Gasteiger partial charge in [0.15, 0.2) is 0 Å². The molecule has 9 heteroatoms. The van der Waals surface area contributed by atoms with E-state index in [9.17, 15) is 13.2 Å². The lowest BCUT2D eigenvalue weighted by Gasteiger charge is -2.40. The van der Waals surface area contributed by atoms with Gasteiger partial charge in [0.25, 0.3) is 15.9 Å². The molecular formula is C26H30N4O4S. The fraction of sp³-hybridized carbons (Fsp3) is 0.385. The maximum Gasteiger partial charge on any atom is 0.264 e. The van der Waals surface area contributed by atoms with E-state index < -0.39 is 10.0 Å². The number of nitrogens with one attached hydrogen (secondary N) is 1. The van der Waals surface area contributed by atoms with Gasteiger partial charge in [0.2, 0.25) is 0 Å². The van der Waals surface area contributed by atoms with Crippen LogP contribution < -0.4 is 4.72 Å². The monoisotopic (exact) mass is 494 g/mol. The molecule has 3 aromatic rings. The van der Waals surface area contributed by atoms with Crippen LogP contribution in [0.3, 0.4) is 0 Å². The van der Waals surface area contributed by atoms with Crippen molar-refractivity contribution < 1.29 is 17.9 Å². The second-order valence-corrected chi connectivity index (χ2v) is 10.9. The molecule has 0 spiro atoms. The number of para-hydroxylation sites is 1. The zero-order valence-electron chi connectivity index (χ0n) is 19.8. The second-order valence-electron chi connectivity index (χ2n) is 9.26. The van der Waals surface area contributed by atoms with Crippen molar-refractivity contribution in [2.45, 2.75) is 36.8 Å². The Morgan fingerprint density at radius 3 is 2.66 bits per heavy atom. The molecule has 2 fully saturated rings. The molecule has 2 aliphatic heterocycles. The minimum atomic E-state index is -3.84. The second kappa shape index (κ2) is 9.93. The molecule has 1 unspecified atom stereocenters. The van der Waals surface area contributed by atoms with Crippen molar-refractivity contribution in [1.29, 1.82) is 0 Å². The van der Waals surface area contributed by atoms with Gasteiger partial charge in [-0.2, -0.15) is 0 Å². The van der Waals surface area contributed by atoms with E-state index in [2.05, 4.69) is 21.5 Å². The number of nitrogens with zero attached hydrogens (tertiary/aromatic N) is 3. The summed E-state index contributed by atoms with van der Waals surface area (Å²) in [5.74, 6) is -0.0399. The number of hydrogen-bond donors (Lipinski definition) is 1. The van der Waals surface area contributed by atoms with Gasteiger partial charge < -0.3 is 9.64 Å². The predicted molar refractivity (Wildman–Crippen MR) is 135 cm³/mol. The van der Waals surface area contributed by atoms with Crippen molar-refractivity contribution in [1.82, 2.24) is 14.8 Å². The molecule has 184 valence electrons. The van der Waals surface area contributed by atoms with E-state index in [-0.39, 0.29) is 16.8 Å². The fourth-order valence-electron chi connectivity index (χ4n) is 4.93. The SMILES string of the molecule is C[C@H]1CN(CC2CCCO2)CCN1C(=O)c1ccc(NS(=O)(=O)c2cccc3cccnc23)cc1. The maximum absolute atomic E-state index is 13.2. The standard InChI is InChI=1S/C26H30N4O4S/c1-19-17-29(18-23-7-4-16-34-23)14-15-30(19)26(31)21-9-11-22(12-10-21)28-35(32,33)24-8-2-5-20-6-3-13-27-25(20)24/h2-3,5-6,8-13,19,23,28H,4,7,14-18H2,1H3/t19-,23?/m0/s1. The number of benzene rings is 2. The topological polar surface area (TPSA) is 91.8 Å². The Balaban J connectivity index is 1.24. The first-order chi connectivity index (χ1) is 16.9. The van der Waals surface area contributed by atoms with E-state index in [4.69, 9.17) is 4.74 Å². The highest BCUT2D eigenvalue weighted by Gasteiger charge is 2.30. The Labute approximate surface area is 205 Å². The van der Waals surface area contributed by atoms with E-state index >= 15 is 0 Å². The third-order valence-corrected chi connectivity index (χ3v) is 8.14. The first-order valence-corrected chi connectivity index (χ1v) is 13.5. The van der Waals surface area contributed by atoms with Gasteiger partial charge in [0.05, 0.1) is 11.6 Å². The summed E-state index contributed by atoms with van der Waals surface area (Å²) in [5, 5.41) is 0.751. The van der Waals surface area contributed by atoms with Gasteiger partial charge in [-0.1, -0.05) is 18.2 Å². The number of aromatic nitrogens is 1. The van der Waals surface area contributed by atoms with Crippen molar-refractivity contribution in [2.75, 3.05) is 37.5 Å². The number of piperazine rings is 1. The lowest BCUT2D eigenvalue weighted by Crippen LogP contribution is -2.55. The molecule has 1 N–H and O–H groups in total. The summed E-state index contributed by atoms with van der Waals surface area (Å²) < 4.78 is 34.4.